The summed E-state index contributed by atoms with van der Waals surface area (Å²) in [5.41, 5.74) is 0. The monoisotopic (exact) mass is 164 g/mol. The van der Waals surface area contributed by atoms with Gasteiger partial charge in [-0.15, -0.1) is 0 Å². The molecule has 0 bridgehead atoms. The lowest BCUT2D eigenvalue weighted by Gasteiger charge is -2.20. The Morgan fingerprint density at radius 2 is 2.42 bits per heavy atom. The summed E-state index contributed by atoms with van der Waals surface area (Å²) in [6.45, 7) is 0. The molecular formula is C9H12N2O. The van der Waals surface area contributed by atoms with E-state index < -0.39 is 0 Å². The highest BCUT2D eigenvalue weighted by atomic mass is 16.1. The highest BCUT2D eigenvalue weighted by molar-refractivity contribution is 5.83. The Bertz CT molecular complexity index is 266. The van der Waals surface area contributed by atoms with Crippen LogP contribution in [0.25, 0.3) is 0 Å². The first-order chi connectivity index (χ1) is 5.88. The van der Waals surface area contributed by atoms with Gasteiger partial charge in [0.05, 0.1) is 0 Å². The van der Waals surface area contributed by atoms with E-state index in [-0.39, 0.29) is 6.04 Å². The van der Waals surface area contributed by atoms with Crippen molar-refractivity contribution in [1.82, 2.24) is 9.78 Å². The summed E-state index contributed by atoms with van der Waals surface area (Å²) in [5.74, 6) is 0.338. The van der Waals surface area contributed by atoms with E-state index in [0.717, 1.165) is 25.7 Å². The molecule has 2 rings (SSSR count). The minimum Gasteiger partial charge on any atom is -0.297 e. The molecule has 0 aliphatic heterocycles. The van der Waals surface area contributed by atoms with Crippen molar-refractivity contribution >= 4 is 5.78 Å². The zero-order chi connectivity index (χ0) is 8.39. The number of hydrogen-bond acceptors (Lipinski definition) is 2. The van der Waals surface area contributed by atoms with Crippen molar-refractivity contribution in [1.29, 1.82) is 0 Å². The summed E-state index contributed by atoms with van der Waals surface area (Å²) in [6, 6.07) is 1.88. The molecule has 1 saturated carbocycles. The Morgan fingerprint density at radius 1 is 1.50 bits per heavy atom. The van der Waals surface area contributed by atoms with Crippen LogP contribution in [0.4, 0.5) is 0 Å². The molecule has 3 heteroatoms. The largest absolute Gasteiger partial charge is 0.297 e. The van der Waals surface area contributed by atoms with E-state index in [9.17, 15) is 4.79 Å². The molecule has 1 aromatic rings. The van der Waals surface area contributed by atoms with E-state index in [1.165, 1.54) is 0 Å². The van der Waals surface area contributed by atoms with Gasteiger partial charge in [0.25, 0.3) is 0 Å². The van der Waals surface area contributed by atoms with Crippen LogP contribution in [0.3, 0.4) is 0 Å². The molecule has 12 heavy (non-hydrogen) atoms. The maximum absolute atomic E-state index is 11.4. The van der Waals surface area contributed by atoms with E-state index in [0.29, 0.717) is 5.78 Å². The van der Waals surface area contributed by atoms with Crippen LogP contribution in [0.2, 0.25) is 0 Å². The number of rotatable bonds is 1. The molecule has 1 aliphatic rings. The lowest BCUT2D eigenvalue weighted by atomic mass is 9.94. The van der Waals surface area contributed by atoms with Crippen LogP contribution < -0.4 is 0 Å². The van der Waals surface area contributed by atoms with Crippen LogP contribution in [0.15, 0.2) is 18.5 Å². The van der Waals surface area contributed by atoms with Gasteiger partial charge in [-0.25, -0.2) is 0 Å². The Morgan fingerprint density at radius 3 is 3.08 bits per heavy atom. The summed E-state index contributed by atoms with van der Waals surface area (Å²) in [4.78, 5) is 11.4. The van der Waals surface area contributed by atoms with Crippen molar-refractivity contribution in [3.05, 3.63) is 18.5 Å². The molecule has 1 heterocycles. The maximum Gasteiger partial charge on any atom is 0.157 e. The van der Waals surface area contributed by atoms with Crippen molar-refractivity contribution in [2.45, 2.75) is 31.7 Å². The third kappa shape index (κ3) is 1.26. The fraction of sp³-hybridized carbons (Fsp3) is 0.556. The molecule has 3 nitrogen and oxygen atoms in total. The molecule has 0 spiro atoms. The van der Waals surface area contributed by atoms with Crippen LogP contribution >= 0.6 is 0 Å². The SMILES string of the molecule is O=C1CCCCC1n1cccn1. The van der Waals surface area contributed by atoms with Crippen molar-refractivity contribution in [3.63, 3.8) is 0 Å². The van der Waals surface area contributed by atoms with Gasteiger partial charge in [0.2, 0.25) is 0 Å². The van der Waals surface area contributed by atoms with Crippen LogP contribution in [0.5, 0.6) is 0 Å². The number of carbonyl (C=O) groups is 1. The number of ketones is 1. The minimum absolute atomic E-state index is 0.0220. The van der Waals surface area contributed by atoms with Gasteiger partial charge < -0.3 is 0 Å². The molecule has 0 saturated heterocycles. The van der Waals surface area contributed by atoms with Crippen molar-refractivity contribution in [2.24, 2.45) is 0 Å². The fourth-order valence-corrected chi connectivity index (χ4v) is 1.71. The second-order valence-electron chi connectivity index (χ2n) is 3.21. The molecular weight excluding hydrogens is 152 g/mol. The number of Topliss-reactive ketones (excluding diaryl/α,β-unsaturated/α-hetero) is 1. The first-order valence-corrected chi connectivity index (χ1v) is 4.40. The van der Waals surface area contributed by atoms with Gasteiger partial charge in [-0.2, -0.15) is 5.10 Å². The second kappa shape index (κ2) is 3.09. The van der Waals surface area contributed by atoms with E-state index in [1.54, 1.807) is 10.9 Å². The van der Waals surface area contributed by atoms with E-state index >= 15 is 0 Å². The third-order valence-electron chi connectivity index (χ3n) is 2.37. The molecule has 1 atom stereocenters. The van der Waals surface area contributed by atoms with Gasteiger partial charge in [0, 0.05) is 18.8 Å². The molecule has 0 aromatic carbocycles. The minimum atomic E-state index is 0.0220. The van der Waals surface area contributed by atoms with Crippen molar-refractivity contribution < 1.29 is 4.79 Å². The summed E-state index contributed by atoms with van der Waals surface area (Å²) in [5, 5.41) is 4.09. The normalized spacial score (nSPS) is 24.3. The maximum atomic E-state index is 11.4. The van der Waals surface area contributed by atoms with Gasteiger partial charge in [0.1, 0.15) is 6.04 Å². The fourth-order valence-electron chi connectivity index (χ4n) is 1.71. The number of nitrogens with zero attached hydrogens (tertiary/aromatic N) is 2. The molecule has 0 amide bonds. The van der Waals surface area contributed by atoms with Gasteiger partial charge in [-0.1, -0.05) is 6.42 Å². The number of aromatic nitrogens is 2. The predicted molar refractivity (Wildman–Crippen MR) is 44.7 cm³/mol. The lowest BCUT2D eigenvalue weighted by Crippen LogP contribution is -2.23. The standard InChI is InChI=1S/C9H12N2O/c12-9-5-2-1-4-8(9)11-7-3-6-10-11/h3,6-8H,1-2,4-5H2. The Kier molecular flexibility index (Phi) is 1.94. The summed E-state index contributed by atoms with van der Waals surface area (Å²) in [6.07, 6.45) is 7.48. The Hall–Kier alpha value is -1.12. The van der Waals surface area contributed by atoms with Crippen molar-refractivity contribution in [3.8, 4) is 0 Å². The average molecular weight is 164 g/mol. The van der Waals surface area contributed by atoms with E-state index in [4.69, 9.17) is 0 Å². The lowest BCUT2D eigenvalue weighted by molar-refractivity contribution is -0.124. The summed E-state index contributed by atoms with van der Waals surface area (Å²) < 4.78 is 1.78. The highest BCUT2D eigenvalue weighted by Crippen LogP contribution is 2.23. The molecule has 1 aliphatic carbocycles. The van der Waals surface area contributed by atoms with Gasteiger partial charge in [-0.05, 0) is 18.9 Å². The van der Waals surface area contributed by atoms with Gasteiger partial charge in [-0.3, -0.25) is 9.48 Å². The van der Waals surface area contributed by atoms with E-state index in [2.05, 4.69) is 5.10 Å². The number of hydrogen-bond donors (Lipinski definition) is 0. The zero-order valence-corrected chi connectivity index (χ0v) is 6.94. The van der Waals surface area contributed by atoms with Crippen LogP contribution in [0, 0.1) is 0 Å². The van der Waals surface area contributed by atoms with Crippen molar-refractivity contribution in [2.75, 3.05) is 0 Å². The van der Waals surface area contributed by atoms with Crippen LogP contribution in [0.1, 0.15) is 31.7 Å². The predicted octanol–water partition coefficient (Wildman–Crippen LogP) is 1.57. The third-order valence-corrected chi connectivity index (χ3v) is 2.37. The topological polar surface area (TPSA) is 34.9 Å². The Balaban J connectivity index is 2.17. The van der Waals surface area contributed by atoms with Gasteiger partial charge in [0.15, 0.2) is 5.78 Å². The second-order valence-corrected chi connectivity index (χ2v) is 3.21. The van der Waals surface area contributed by atoms with Crippen LogP contribution in [-0.4, -0.2) is 15.6 Å². The zero-order valence-electron chi connectivity index (χ0n) is 6.94. The first-order valence-electron chi connectivity index (χ1n) is 4.40. The van der Waals surface area contributed by atoms with Gasteiger partial charge >= 0.3 is 0 Å². The smallest absolute Gasteiger partial charge is 0.157 e. The molecule has 1 unspecified atom stereocenters. The summed E-state index contributed by atoms with van der Waals surface area (Å²) in [7, 11) is 0. The average Bonchev–Trinajstić information content (AvgIpc) is 2.57. The number of carbonyl (C=O) groups excluding carboxylic acids is 1. The molecule has 0 N–H and O–H groups in total. The Labute approximate surface area is 71.4 Å². The highest BCUT2D eigenvalue weighted by Gasteiger charge is 2.23. The molecule has 1 fully saturated rings. The molecule has 1 aromatic heterocycles. The molecule has 0 radical (unpaired) electrons. The van der Waals surface area contributed by atoms with E-state index in [1.807, 2.05) is 12.3 Å². The first kappa shape index (κ1) is 7.53. The van der Waals surface area contributed by atoms with Crippen LogP contribution in [-0.2, 0) is 4.79 Å². The quantitative estimate of drug-likeness (QED) is 0.631. The summed E-state index contributed by atoms with van der Waals surface area (Å²) >= 11 is 0. The molecule has 64 valence electrons.